The largest absolute Gasteiger partial charge is 0.461 e. The van der Waals surface area contributed by atoms with E-state index in [0.717, 1.165) is 38.5 Å². The van der Waals surface area contributed by atoms with Crippen LogP contribution in [0.15, 0.2) is 36.0 Å². The van der Waals surface area contributed by atoms with Gasteiger partial charge in [-0.25, -0.2) is 0 Å². The zero-order valence-corrected chi connectivity index (χ0v) is 35.7. The van der Waals surface area contributed by atoms with Crippen molar-refractivity contribution in [3.8, 4) is 0 Å². The maximum Gasteiger partial charge on any atom is 0.311 e. The Bertz CT molecular complexity index is 1240. The van der Waals surface area contributed by atoms with Crippen LogP contribution in [0, 0.1) is 29.1 Å². The molecule has 0 saturated carbocycles. The number of amides is 2. The summed E-state index contributed by atoms with van der Waals surface area (Å²) < 4.78 is 6.23. The third-order valence-corrected chi connectivity index (χ3v) is 12.6. The fraction of sp³-hybridized carbons (Fsp3) is 0.809. The van der Waals surface area contributed by atoms with Crippen molar-refractivity contribution in [3.63, 3.8) is 0 Å². The van der Waals surface area contributed by atoms with Crippen molar-refractivity contribution in [1.82, 2.24) is 10.2 Å². The third kappa shape index (κ3) is 16.9. The molecule has 0 spiro atoms. The Morgan fingerprint density at radius 2 is 1.60 bits per heavy atom. The van der Waals surface area contributed by atoms with E-state index in [1.54, 1.807) is 0 Å². The molecule has 3 aliphatic rings. The molecule has 2 amide bonds. The molecule has 314 valence electrons. The summed E-state index contributed by atoms with van der Waals surface area (Å²) in [5.41, 5.74) is 0.683. The highest BCUT2D eigenvalue weighted by atomic mass is 16.5. The van der Waals surface area contributed by atoms with Crippen LogP contribution in [0.25, 0.3) is 0 Å². The number of allylic oxidation sites excluding steroid dienone is 5. The predicted molar refractivity (Wildman–Crippen MR) is 224 cm³/mol. The SMILES string of the molecule is CCCCCCCC/C=C\CCCCCCCC(=O)N1CC[C@@H](NC(=O)C[C@H](O)C[C@@H](O)CC[C@@H]2C3C(=C[C@H](C)CC3OC(=O)C(C)(C)CC)C=C[C@@H]2C)C1. The zero-order chi connectivity index (χ0) is 40.2. The summed E-state index contributed by atoms with van der Waals surface area (Å²) in [7, 11) is 0. The third-order valence-electron chi connectivity index (χ3n) is 12.6. The Kier molecular flexibility index (Phi) is 21.4. The molecule has 1 fully saturated rings. The minimum Gasteiger partial charge on any atom is -0.461 e. The van der Waals surface area contributed by atoms with Crippen molar-refractivity contribution in [3.05, 3.63) is 36.0 Å². The van der Waals surface area contributed by atoms with Crippen molar-refractivity contribution in [1.29, 1.82) is 0 Å². The summed E-state index contributed by atoms with van der Waals surface area (Å²) in [6.07, 6.45) is 29.6. The number of nitrogens with zero attached hydrogens (tertiary/aromatic N) is 1. The van der Waals surface area contributed by atoms with E-state index in [4.69, 9.17) is 4.74 Å². The number of nitrogens with one attached hydrogen (secondary N) is 1. The van der Waals surface area contributed by atoms with E-state index in [1.807, 2.05) is 25.7 Å². The lowest BCUT2D eigenvalue weighted by molar-refractivity contribution is -0.164. The molecular weight excluding hydrogens is 689 g/mol. The van der Waals surface area contributed by atoms with Gasteiger partial charge in [-0.15, -0.1) is 0 Å². The van der Waals surface area contributed by atoms with Gasteiger partial charge in [0.2, 0.25) is 11.8 Å². The molecule has 0 aromatic carbocycles. The van der Waals surface area contributed by atoms with Crippen LogP contribution in [-0.4, -0.2) is 70.3 Å². The van der Waals surface area contributed by atoms with Crippen LogP contribution in [0.1, 0.15) is 176 Å². The van der Waals surface area contributed by atoms with Crippen LogP contribution in [0.4, 0.5) is 0 Å². The minimum absolute atomic E-state index is 0.0718. The number of ether oxygens (including phenoxy) is 1. The summed E-state index contributed by atoms with van der Waals surface area (Å²) in [5.74, 6) is 0.629. The first-order chi connectivity index (χ1) is 26.3. The molecule has 1 aliphatic heterocycles. The quantitative estimate of drug-likeness (QED) is 0.0459. The van der Waals surface area contributed by atoms with Crippen LogP contribution >= 0.6 is 0 Å². The summed E-state index contributed by atoms with van der Waals surface area (Å²) in [4.78, 5) is 40.6. The number of rotatable bonds is 26. The van der Waals surface area contributed by atoms with Crippen molar-refractivity contribution in [2.24, 2.45) is 29.1 Å². The highest BCUT2D eigenvalue weighted by Crippen LogP contribution is 2.45. The van der Waals surface area contributed by atoms with Crippen LogP contribution < -0.4 is 5.32 Å². The molecule has 0 bridgehead atoms. The highest BCUT2D eigenvalue weighted by Gasteiger charge is 2.43. The highest BCUT2D eigenvalue weighted by molar-refractivity contribution is 5.78. The average Bonchev–Trinajstić information content (AvgIpc) is 3.61. The van der Waals surface area contributed by atoms with E-state index >= 15 is 0 Å². The van der Waals surface area contributed by atoms with E-state index in [1.165, 1.54) is 69.8 Å². The van der Waals surface area contributed by atoms with Crippen molar-refractivity contribution < 1.29 is 29.3 Å². The summed E-state index contributed by atoms with van der Waals surface area (Å²) >= 11 is 0. The molecular formula is C47H80N2O6. The van der Waals surface area contributed by atoms with Crippen LogP contribution in [0.2, 0.25) is 0 Å². The molecule has 2 unspecified atom stereocenters. The second kappa shape index (κ2) is 25.0. The molecule has 0 radical (unpaired) electrons. The summed E-state index contributed by atoms with van der Waals surface area (Å²) in [6, 6.07) is -0.103. The summed E-state index contributed by atoms with van der Waals surface area (Å²) in [5, 5.41) is 24.7. The van der Waals surface area contributed by atoms with Crippen LogP contribution in [-0.2, 0) is 19.1 Å². The number of hydrogen-bond donors (Lipinski definition) is 3. The lowest BCUT2D eigenvalue weighted by atomic mass is 9.65. The lowest BCUT2D eigenvalue weighted by Crippen LogP contribution is -2.43. The monoisotopic (exact) mass is 769 g/mol. The maximum absolute atomic E-state index is 13.1. The van der Waals surface area contributed by atoms with Gasteiger partial charge in [0.15, 0.2) is 0 Å². The molecule has 1 heterocycles. The minimum atomic E-state index is -0.949. The Balaban J connectivity index is 1.29. The van der Waals surface area contributed by atoms with Gasteiger partial charge in [-0.3, -0.25) is 14.4 Å². The molecule has 2 aliphatic carbocycles. The Hall–Kier alpha value is -2.45. The number of carbonyl (C=O) groups is 3. The molecule has 1 saturated heterocycles. The van der Waals surface area contributed by atoms with Gasteiger partial charge in [0.1, 0.15) is 6.10 Å². The predicted octanol–water partition coefficient (Wildman–Crippen LogP) is 9.78. The number of hydrogen-bond acceptors (Lipinski definition) is 6. The molecule has 8 heteroatoms. The van der Waals surface area contributed by atoms with E-state index in [2.05, 4.69) is 56.5 Å². The number of unbranched alkanes of at least 4 members (excludes halogenated alkanes) is 11. The second-order valence-corrected chi connectivity index (χ2v) is 18.0. The molecule has 3 rings (SSSR count). The van der Waals surface area contributed by atoms with Gasteiger partial charge in [-0.1, -0.05) is 109 Å². The fourth-order valence-corrected chi connectivity index (χ4v) is 8.67. The maximum atomic E-state index is 13.1. The first-order valence-corrected chi connectivity index (χ1v) is 22.5. The lowest BCUT2D eigenvalue weighted by Gasteiger charge is -2.44. The number of fused-ring (bicyclic) bond motifs is 1. The number of carbonyl (C=O) groups excluding carboxylic acids is 3. The van der Waals surface area contributed by atoms with Crippen LogP contribution in [0.5, 0.6) is 0 Å². The van der Waals surface area contributed by atoms with E-state index in [0.29, 0.717) is 38.3 Å². The van der Waals surface area contributed by atoms with E-state index in [9.17, 15) is 24.6 Å². The van der Waals surface area contributed by atoms with Gasteiger partial charge in [-0.05, 0) is 108 Å². The first-order valence-electron chi connectivity index (χ1n) is 22.5. The molecule has 8 atom stereocenters. The van der Waals surface area contributed by atoms with E-state index in [-0.39, 0.29) is 60.5 Å². The van der Waals surface area contributed by atoms with Gasteiger partial charge in [-0.2, -0.15) is 0 Å². The molecule has 3 N–H and O–H groups in total. The van der Waals surface area contributed by atoms with Crippen LogP contribution in [0.3, 0.4) is 0 Å². The van der Waals surface area contributed by atoms with Crippen molar-refractivity contribution in [2.75, 3.05) is 13.1 Å². The van der Waals surface area contributed by atoms with Gasteiger partial charge in [0.05, 0.1) is 24.0 Å². The molecule has 8 nitrogen and oxygen atoms in total. The van der Waals surface area contributed by atoms with Gasteiger partial charge >= 0.3 is 5.97 Å². The molecule has 0 aromatic heterocycles. The first kappa shape index (κ1) is 46.9. The topological polar surface area (TPSA) is 116 Å². The number of aliphatic hydroxyl groups excluding tert-OH is 2. The Labute approximate surface area is 335 Å². The van der Waals surface area contributed by atoms with E-state index < -0.39 is 17.6 Å². The molecule has 55 heavy (non-hydrogen) atoms. The smallest absolute Gasteiger partial charge is 0.311 e. The number of esters is 1. The standard InChI is InChI=1S/C47H80N2O6/c1-7-9-10-11-12-13-14-15-16-17-18-19-20-21-22-23-44(53)49-29-28-38(34-49)48-43(52)33-40(51)32-39(50)26-27-41-36(4)24-25-37-30-35(3)31-42(45(37)41)55-46(54)47(5,6)8-2/h15-16,24-25,30,35-36,38-42,45,50-51H,7-14,17-23,26-29,31-34H2,1-6H3,(H,48,52)/b16-15-/t35-,36-,38+,39-,40+,41-,42?,45?/m0/s1. The second-order valence-electron chi connectivity index (χ2n) is 18.0. The summed E-state index contributed by atoms with van der Waals surface area (Å²) in [6.45, 7) is 13.7. The molecule has 0 aromatic rings. The Morgan fingerprint density at radius 3 is 2.27 bits per heavy atom. The number of aliphatic hydroxyl groups is 2. The average molecular weight is 769 g/mol. The van der Waals surface area contributed by atoms with Crippen molar-refractivity contribution in [2.45, 2.75) is 201 Å². The van der Waals surface area contributed by atoms with Gasteiger partial charge in [0.25, 0.3) is 0 Å². The Morgan fingerprint density at radius 1 is 0.945 bits per heavy atom. The van der Waals surface area contributed by atoms with Gasteiger partial charge in [0, 0.05) is 31.5 Å². The fourth-order valence-electron chi connectivity index (χ4n) is 8.67. The van der Waals surface area contributed by atoms with Crippen molar-refractivity contribution >= 4 is 17.8 Å². The number of likely N-dealkylation sites (tertiary alicyclic amines) is 1. The zero-order valence-electron chi connectivity index (χ0n) is 35.7. The van der Waals surface area contributed by atoms with Gasteiger partial charge < -0.3 is 25.2 Å². The normalized spacial score (nSPS) is 25.1.